The topological polar surface area (TPSA) is 87.0 Å². The van der Waals surface area contributed by atoms with E-state index in [1.807, 2.05) is 11.4 Å². The van der Waals surface area contributed by atoms with Gasteiger partial charge in [-0.05, 0) is 17.5 Å². The van der Waals surface area contributed by atoms with Gasteiger partial charge in [-0.3, -0.25) is 9.36 Å². The van der Waals surface area contributed by atoms with Gasteiger partial charge in [-0.1, -0.05) is 5.16 Å². The van der Waals surface area contributed by atoms with Gasteiger partial charge in [0, 0.05) is 0 Å². The maximum atomic E-state index is 12.3. The van der Waals surface area contributed by atoms with Crippen molar-refractivity contribution in [2.75, 3.05) is 0 Å². The molecule has 0 amide bonds. The van der Waals surface area contributed by atoms with Crippen LogP contribution in [-0.2, 0) is 6.54 Å². The summed E-state index contributed by atoms with van der Waals surface area (Å²) >= 11 is 1.37. The summed E-state index contributed by atoms with van der Waals surface area (Å²) in [5, 5.41) is 5.71. The highest BCUT2D eigenvalue weighted by Gasteiger charge is 2.12. The lowest BCUT2D eigenvalue weighted by atomic mass is 10.3. The largest absolute Gasteiger partial charge is 0.472 e. The van der Waals surface area contributed by atoms with Crippen LogP contribution in [0.3, 0.4) is 0 Å². The fourth-order valence-corrected chi connectivity index (χ4v) is 2.76. The standard InChI is InChI=1S/C13H8N4O3S/c18-13-11-9(2-4-21-11)14-7-17(13)5-10-15-12(20-16-10)8-1-3-19-6-8/h1-4,6-7H,5H2. The molecule has 0 saturated heterocycles. The summed E-state index contributed by atoms with van der Waals surface area (Å²) < 4.78 is 12.2. The molecule has 0 spiro atoms. The van der Waals surface area contributed by atoms with Crippen LogP contribution in [0.5, 0.6) is 0 Å². The molecule has 0 aromatic carbocycles. The second-order valence-electron chi connectivity index (χ2n) is 4.34. The predicted octanol–water partition coefficient (Wildman–Crippen LogP) is 2.15. The number of aromatic nitrogens is 4. The molecule has 4 aromatic heterocycles. The minimum absolute atomic E-state index is 0.107. The van der Waals surface area contributed by atoms with Crippen LogP contribution in [0.25, 0.3) is 21.7 Å². The van der Waals surface area contributed by atoms with E-state index in [4.69, 9.17) is 8.94 Å². The molecular formula is C13H8N4O3S. The highest BCUT2D eigenvalue weighted by Crippen LogP contribution is 2.17. The summed E-state index contributed by atoms with van der Waals surface area (Å²) in [4.78, 5) is 20.7. The van der Waals surface area contributed by atoms with Gasteiger partial charge in [0.05, 0.1) is 30.2 Å². The average molecular weight is 300 g/mol. The highest BCUT2D eigenvalue weighted by atomic mass is 32.1. The summed E-state index contributed by atoms with van der Waals surface area (Å²) in [7, 11) is 0. The van der Waals surface area contributed by atoms with Crippen molar-refractivity contribution in [3.05, 3.63) is 52.5 Å². The van der Waals surface area contributed by atoms with E-state index in [2.05, 4.69) is 15.1 Å². The third kappa shape index (κ3) is 2.05. The lowest BCUT2D eigenvalue weighted by molar-refractivity contribution is 0.419. The average Bonchev–Trinajstić information content (AvgIpc) is 3.21. The van der Waals surface area contributed by atoms with Gasteiger partial charge in [-0.25, -0.2) is 4.98 Å². The quantitative estimate of drug-likeness (QED) is 0.576. The first-order valence-corrected chi connectivity index (χ1v) is 6.97. The molecule has 0 fully saturated rings. The van der Waals surface area contributed by atoms with Gasteiger partial charge in [-0.15, -0.1) is 11.3 Å². The molecule has 8 heteroatoms. The van der Waals surface area contributed by atoms with Gasteiger partial charge in [0.2, 0.25) is 0 Å². The Morgan fingerprint density at radius 2 is 2.29 bits per heavy atom. The molecule has 0 saturated carbocycles. The van der Waals surface area contributed by atoms with Crippen molar-refractivity contribution >= 4 is 21.6 Å². The molecule has 0 N–H and O–H groups in total. The van der Waals surface area contributed by atoms with Crippen LogP contribution in [0.15, 0.2) is 50.1 Å². The molecule has 104 valence electrons. The van der Waals surface area contributed by atoms with Gasteiger partial charge in [0.1, 0.15) is 11.0 Å². The zero-order valence-electron chi connectivity index (χ0n) is 10.6. The first-order valence-electron chi connectivity index (χ1n) is 6.09. The monoisotopic (exact) mass is 300 g/mol. The molecular weight excluding hydrogens is 292 g/mol. The van der Waals surface area contributed by atoms with Crippen molar-refractivity contribution in [1.82, 2.24) is 19.7 Å². The van der Waals surface area contributed by atoms with E-state index in [1.165, 1.54) is 34.8 Å². The molecule has 7 nitrogen and oxygen atoms in total. The van der Waals surface area contributed by atoms with Crippen molar-refractivity contribution in [1.29, 1.82) is 0 Å². The van der Waals surface area contributed by atoms with E-state index < -0.39 is 0 Å². The van der Waals surface area contributed by atoms with Crippen LogP contribution in [0.4, 0.5) is 0 Å². The van der Waals surface area contributed by atoms with Gasteiger partial charge in [0.15, 0.2) is 5.82 Å². The number of furan rings is 1. The van der Waals surface area contributed by atoms with E-state index in [1.54, 1.807) is 6.07 Å². The van der Waals surface area contributed by atoms with Gasteiger partial charge >= 0.3 is 0 Å². The third-order valence-electron chi connectivity index (χ3n) is 2.98. The lowest BCUT2D eigenvalue weighted by Gasteiger charge is -2.00. The molecule has 4 aromatic rings. The number of hydrogen-bond acceptors (Lipinski definition) is 7. The zero-order valence-corrected chi connectivity index (χ0v) is 11.4. The van der Waals surface area contributed by atoms with E-state index >= 15 is 0 Å². The second-order valence-corrected chi connectivity index (χ2v) is 5.26. The minimum atomic E-state index is -0.107. The number of rotatable bonds is 3. The molecule has 4 rings (SSSR count). The number of thiophene rings is 1. The maximum absolute atomic E-state index is 12.3. The summed E-state index contributed by atoms with van der Waals surface area (Å²) in [6.07, 6.45) is 4.53. The molecule has 0 atom stereocenters. The minimum Gasteiger partial charge on any atom is -0.472 e. The van der Waals surface area contributed by atoms with E-state index in [9.17, 15) is 4.79 Å². The molecule has 0 unspecified atom stereocenters. The molecule has 21 heavy (non-hydrogen) atoms. The summed E-state index contributed by atoms with van der Waals surface area (Å²) in [5.74, 6) is 0.767. The van der Waals surface area contributed by atoms with Crippen LogP contribution in [0, 0.1) is 0 Å². The molecule has 0 aliphatic rings. The van der Waals surface area contributed by atoms with Gasteiger partial charge < -0.3 is 8.94 Å². The fraction of sp³-hybridized carbons (Fsp3) is 0.0769. The Morgan fingerprint density at radius 1 is 1.33 bits per heavy atom. The highest BCUT2D eigenvalue weighted by molar-refractivity contribution is 7.17. The Bertz CT molecular complexity index is 951. The molecule has 0 aliphatic heterocycles. The van der Waals surface area contributed by atoms with Crippen LogP contribution in [0.2, 0.25) is 0 Å². The van der Waals surface area contributed by atoms with Gasteiger partial charge in [-0.2, -0.15) is 4.98 Å². The fourth-order valence-electron chi connectivity index (χ4n) is 1.97. The smallest absolute Gasteiger partial charge is 0.271 e. The van der Waals surface area contributed by atoms with E-state index in [0.29, 0.717) is 27.5 Å². The number of fused-ring (bicyclic) bond motifs is 1. The number of nitrogens with zero attached hydrogens (tertiary/aromatic N) is 4. The van der Waals surface area contributed by atoms with E-state index in [-0.39, 0.29) is 12.1 Å². The Balaban J connectivity index is 1.68. The van der Waals surface area contributed by atoms with Crippen molar-refractivity contribution in [3.8, 4) is 11.5 Å². The van der Waals surface area contributed by atoms with Crippen molar-refractivity contribution < 1.29 is 8.94 Å². The van der Waals surface area contributed by atoms with Crippen LogP contribution >= 0.6 is 11.3 Å². The van der Waals surface area contributed by atoms with Crippen molar-refractivity contribution in [2.45, 2.75) is 6.54 Å². The Morgan fingerprint density at radius 3 is 3.14 bits per heavy atom. The van der Waals surface area contributed by atoms with Crippen molar-refractivity contribution in [2.24, 2.45) is 0 Å². The van der Waals surface area contributed by atoms with E-state index in [0.717, 1.165) is 0 Å². The Hall–Kier alpha value is -2.74. The summed E-state index contributed by atoms with van der Waals surface area (Å²) in [6.45, 7) is 0.209. The zero-order chi connectivity index (χ0) is 14.2. The Labute approximate surface area is 121 Å². The number of hydrogen-bond donors (Lipinski definition) is 0. The third-order valence-corrected chi connectivity index (χ3v) is 3.88. The van der Waals surface area contributed by atoms with Crippen molar-refractivity contribution in [3.63, 3.8) is 0 Å². The van der Waals surface area contributed by atoms with Crippen LogP contribution < -0.4 is 5.56 Å². The molecule has 0 aliphatic carbocycles. The summed E-state index contributed by atoms with van der Waals surface area (Å²) in [6, 6.07) is 3.54. The SMILES string of the molecule is O=c1c2sccc2ncn1Cc1noc(-c2ccoc2)n1. The Kier molecular flexibility index (Phi) is 2.68. The van der Waals surface area contributed by atoms with Crippen LogP contribution in [0.1, 0.15) is 5.82 Å². The van der Waals surface area contributed by atoms with Crippen LogP contribution in [-0.4, -0.2) is 19.7 Å². The predicted molar refractivity (Wildman–Crippen MR) is 75.0 cm³/mol. The maximum Gasteiger partial charge on any atom is 0.271 e. The first kappa shape index (κ1) is 12.0. The second kappa shape index (κ2) is 4.67. The lowest BCUT2D eigenvalue weighted by Crippen LogP contribution is -2.20. The van der Waals surface area contributed by atoms with Gasteiger partial charge in [0.25, 0.3) is 11.4 Å². The first-order chi connectivity index (χ1) is 10.3. The molecule has 0 radical (unpaired) electrons. The molecule has 4 heterocycles. The normalized spacial score (nSPS) is 11.2. The summed E-state index contributed by atoms with van der Waals surface area (Å²) in [5.41, 5.74) is 1.30. The molecule has 0 bridgehead atoms.